The molecule has 0 saturated carbocycles. The zero-order valence-electron chi connectivity index (χ0n) is 15.6. The topological polar surface area (TPSA) is 69.2 Å². The van der Waals surface area contributed by atoms with Gasteiger partial charge >= 0.3 is 0 Å². The van der Waals surface area contributed by atoms with Crippen molar-refractivity contribution in [3.8, 4) is 17.2 Å². The Morgan fingerprint density at radius 3 is 2.79 bits per heavy atom. The molecule has 1 amide bonds. The van der Waals surface area contributed by atoms with Gasteiger partial charge in [0, 0.05) is 10.9 Å². The van der Waals surface area contributed by atoms with Crippen molar-refractivity contribution in [2.24, 2.45) is 5.10 Å². The molecule has 29 heavy (non-hydrogen) atoms. The van der Waals surface area contributed by atoms with Crippen LogP contribution in [-0.2, 0) is 11.4 Å². The maximum Gasteiger partial charge on any atom is 0.277 e. The fraction of sp³-hybridized carbons (Fsp3) is 0.143. The second-order valence-electron chi connectivity index (χ2n) is 5.82. The Morgan fingerprint density at radius 2 is 2.03 bits per heavy atom. The number of ether oxygens (including phenoxy) is 3. The van der Waals surface area contributed by atoms with Gasteiger partial charge in [0.25, 0.3) is 5.91 Å². The van der Waals surface area contributed by atoms with E-state index in [2.05, 4.69) is 10.5 Å². The lowest BCUT2D eigenvalue weighted by Crippen LogP contribution is -2.24. The van der Waals surface area contributed by atoms with Gasteiger partial charge in [-0.25, -0.2) is 9.82 Å². The fourth-order valence-corrected chi connectivity index (χ4v) is 2.96. The number of carbonyl (C=O) groups excluding carboxylic acids is 1. The Hall–Kier alpha value is -3.39. The summed E-state index contributed by atoms with van der Waals surface area (Å²) in [5.41, 5.74) is 3.07. The van der Waals surface area contributed by atoms with E-state index in [4.69, 9.17) is 14.2 Å². The predicted octanol–water partition coefficient (Wildman–Crippen LogP) is 4.00. The highest BCUT2D eigenvalue weighted by molar-refractivity contribution is 7.09. The molecule has 1 heterocycles. The maximum absolute atomic E-state index is 13.1. The Balaban J connectivity index is 1.50. The number of halogens is 1. The van der Waals surface area contributed by atoms with E-state index in [0.717, 1.165) is 10.4 Å². The molecule has 150 valence electrons. The van der Waals surface area contributed by atoms with Crippen LogP contribution in [0.4, 0.5) is 4.39 Å². The van der Waals surface area contributed by atoms with Crippen molar-refractivity contribution in [3.63, 3.8) is 0 Å². The minimum atomic E-state index is -0.464. The van der Waals surface area contributed by atoms with E-state index in [1.807, 2.05) is 17.5 Å². The zero-order chi connectivity index (χ0) is 20.5. The molecular weight excluding hydrogens is 395 g/mol. The molecule has 0 spiro atoms. The van der Waals surface area contributed by atoms with E-state index < -0.39 is 11.7 Å². The highest BCUT2D eigenvalue weighted by Crippen LogP contribution is 2.28. The molecule has 6 nitrogen and oxygen atoms in total. The zero-order valence-corrected chi connectivity index (χ0v) is 16.4. The first-order valence-electron chi connectivity index (χ1n) is 8.67. The summed E-state index contributed by atoms with van der Waals surface area (Å²) < 4.78 is 29.4. The lowest BCUT2D eigenvalue weighted by atomic mass is 10.2. The van der Waals surface area contributed by atoms with Crippen molar-refractivity contribution in [2.45, 2.75) is 6.61 Å². The van der Waals surface area contributed by atoms with Gasteiger partial charge in [0.05, 0.1) is 13.3 Å². The van der Waals surface area contributed by atoms with Crippen LogP contribution in [-0.4, -0.2) is 25.8 Å². The number of thiophene rings is 1. The molecule has 0 aliphatic carbocycles. The summed E-state index contributed by atoms with van der Waals surface area (Å²) in [7, 11) is 1.56. The number of nitrogens with zero attached hydrogens (tertiary/aromatic N) is 1. The van der Waals surface area contributed by atoms with Gasteiger partial charge in [-0.15, -0.1) is 11.3 Å². The molecule has 0 bridgehead atoms. The number of hydrazone groups is 1. The molecule has 0 aliphatic heterocycles. The molecule has 0 unspecified atom stereocenters. The number of hydrogen-bond donors (Lipinski definition) is 1. The fourth-order valence-electron chi connectivity index (χ4n) is 2.34. The van der Waals surface area contributed by atoms with Crippen LogP contribution in [0.1, 0.15) is 10.4 Å². The van der Waals surface area contributed by atoms with E-state index in [-0.39, 0.29) is 12.4 Å². The summed E-state index contributed by atoms with van der Waals surface area (Å²) in [4.78, 5) is 12.9. The lowest BCUT2D eigenvalue weighted by molar-refractivity contribution is -0.123. The molecule has 2 aromatic carbocycles. The summed E-state index contributed by atoms with van der Waals surface area (Å²) in [6, 6.07) is 14.9. The monoisotopic (exact) mass is 414 g/mol. The standard InChI is InChI=1S/C21H19FN2O4S/c1-26-20-10-15(7-8-19(20)28-13-18-6-3-9-29-18)12-23-24-21(25)14-27-17-5-2-4-16(22)11-17/h2-12H,13-14H2,1H3,(H,24,25)/b23-12-. The number of methoxy groups -OCH3 is 1. The van der Waals surface area contributed by atoms with Crippen LogP contribution in [0.2, 0.25) is 0 Å². The Labute approximate surface area is 171 Å². The largest absolute Gasteiger partial charge is 0.493 e. The third kappa shape index (κ3) is 6.32. The van der Waals surface area contributed by atoms with Crippen LogP contribution in [0.15, 0.2) is 65.1 Å². The first-order chi connectivity index (χ1) is 14.1. The minimum Gasteiger partial charge on any atom is -0.493 e. The van der Waals surface area contributed by atoms with Gasteiger partial charge in [-0.2, -0.15) is 5.10 Å². The van der Waals surface area contributed by atoms with Crippen LogP contribution in [0.5, 0.6) is 17.2 Å². The highest BCUT2D eigenvalue weighted by Gasteiger charge is 2.06. The molecule has 0 atom stereocenters. The average molecular weight is 414 g/mol. The van der Waals surface area contributed by atoms with Crippen LogP contribution < -0.4 is 19.6 Å². The number of benzene rings is 2. The third-order valence-electron chi connectivity index (χ3n) is 3.71. The molecule has 1 N–H and O–H groups in total. The van der Waals surface area contributed by atoms with Crippen LogP contribution >= 0.6 is 11.3 Å². The van der Waals surface area contributed by atoms with Crippen molar-refractivity contribution < 1.29 is 23.4 Å². The molecule has 0 saturated heterocycles. The summed E-state index contributed by atoms with van der Waals surface area (Å²) in [6.45, 7) is 0.183. The molecule has 0 aliphatic rings. The van der Waals surface area contributed by atoms with E-state index in [1.54, 1.807) is 42.7 Å². The van der Waals surface area contributed by atoms with Crippen LogP contribution in [0, 0.1) is 5.82 Å². The second kappa shape index (κ2) is 10.2. The van der Waals surface area contributed by atoms with E-state index in [9.17, 15) is 9.18 Å². The smallest absolute Gasteiger partial charge is 0.277 e. The summed E-state index contributed by atoms with van der Waals surface area (Å²) in [5, 5.41) is 5.88. The van der Waals surface area contributed by atoms with Crippen molar-refractivity contribution in [3.05, 3.63) is 76.2 Å². The van der Waals surface area contributed by atoms with Gasteiger partial charge in [0.1, 0.15) is 18.2 Å². The van der Waals surface area contributed by atoms with Gasteiger partial charge in [0.15, 0.2) is 18.1 Å². The molecule has 1 aromatic heterocycles. The Bertz CT molecular complexity index is 977. The summed E-state index contributed by atoms with van der Waals surface area (Å²) in [5.74, 6) is 0.551. The van der Waals surface area contributed by atoms with Gasteiger partial charge in [-0.05, 0) is 47.3 Å². The van der Waals surface area contributed by atoms with E-state index >= 15 is 0 Å². The molecule has 0 radical (unpaired) electrons. The number of carbonyl (C=O) groups is 1. The van der Waals surface area contributed by atoms with Gasteiger partial charge in [-0.3, -0.25) is 4.79 Å². The number of rotatable bonds is 9. The first kappa shape index (κ1) is 20.3. The highest BCUT2D eigenvalue weighted by atomic mass is 32.1. The van der Waals surface area contributed by atoms with Gasteiger partial charge < -0.3 is 14.2 Å². The SMILES string of the molecule is COc1cc(/C=N\NC(=O)COc2cccc(F)c2)ccc1OCc1cccs1. The minimum absolute atomic E-state index is 0.270. The number of hydrogen-bond acceptors (Lipinski definition) is 6. The van der Waals surface area contributed by atoms with Crippen LogP contribution in [0.3, 0.4) is 0 Å². The predicted molar refractivity (Wildman–Crippen MR) is 109 cm³/mol. The van der Waals surface area contributed by atoms with Gasteiger partial charge in [0.2, 0.25) is 0 Å². The lowest BCUT2D eigenvalue weighted by Gasteiger charge is -2.10. The second-order valence-corrected chi connectivity index (χ2v) is 6.85. The van der Waals surface area contributed by atoms with Crippen molar-refractivity contribution in [1.82, 2.24) is 5.43 Å². The summed E-state index contributed by atoms with van der Waals surface area (Å²) in [6.07, 6.45) is 1.48. The molecule has 3 rings (SSSR count). The quantitative estimate of drug-likeness (QED) is 0.424. The third-order valence-corrected chi connectivity index (χ3v) is 4.56. The van der Waals surface area contributed by atoms with Crippen molar-refractivity contribution >= 4 is 23.5 Å². The van der Waals surface area contributed by atoms with Crippen molar-refractivity contribution in [1.29, 1.82) is 0 Å². The normalized spacial score (nSPS) is 10.7. The molecule has 0 fully saturated rings. The molecule has 8 heteroatoms. The van der Waals surface area contributed by atoms with E-state index in [0.29, 0.717) is 18.1 Å². The Kier molecular flexibility index (Phi) is 7.18. The van der Waals surface area contributed by atoms with Gasteiger partial charge in [-0.1, -0.05) is 12.1 Å². The Morgan fingerprint density at radius 1 is 1.14 bits per heavy atom. The molecular formula is C21H19FN2O4S. The maximum atomic E-state index is 13.1. The van der Waals surface area contributed by atoms with E-state index in [1.165, 1.54) is 24.4 Å². The average Bonchev–Trinajstić information content (AvgIpc) is 3.25. The molecule has 3 aromatic rings. The number of amides is 1. The van der Waals surface area contributed by atoms with Crippen molar-refractivity contribution in [2.75, 3.05) is 13.7 Å². The van der Waals surface area contributed by atoms with Crippen LogP contribution in [0.25, 0.3) is 0 Å². The first-order valence-corrected chi connectivity index (χ1v) is 9.55. The number of nitrogens with one attached hydrogen (secondary N) is 1. The summed E-state index contributed by atoms with van der Waals surface area (Å²) >= 11 is 1.62.